The predicted molar refractivity (Wildman–Crippen MR) is 123 cm³/mol. The quantitative estimate of drug-likeness (QED) is 0.478. The molecule has 6 rings (SSSR count). The second-order valence-corrected chi connectivity index (χ2v) is 9.11. The molecule has 3 aromatic rings. The van der Waals surface area contributed by atoms with Crippen LogP contribution in [-0.2, 0) is 23.3 Å². The highest BCUT2D eigenvalue weighted by molar-refractivity contribution is 6.08. The summed E-state index contributed by atoms with van der Waals surface area (Å²) in [5.41, 5.74) is 0.276. The number of benzene rings is 2. The Morgan fingerprint density at radius 2 is 1.97 bits per heavy atom. The molecular formula is C25H21FN4O6. The monoisotopic (exact) mass is 492 g/mol. The van der Waals surface area contributed by atoms with Gasteiger partial charge in [0.2, 0.25) is 0 Å². The molecule has 1 fully saturated rings. The summed E-state index contributed by atoms with van der Waals surface area (Å²) in [4.78, 5) is 52.3. The van der Waals surface area contributed by atoms with Crippen LogP contribution in [0.15, 0.2) is 34.7 Å². The number of carbonyl (C=O) groups is 4. The van der Waals surface area contributed by atoms with Crippen LogP contribution < -0.4 is 20.7 Å². The van der Waals surface area contributed by atoms with Gasteiger partial charge in [0.25, 0.3) is 17.7 Å². The van der Waals surface area contributed by atoms with Gasteiger partial charge in [0, 0.05) is 24.0 Å². The molecule has 36 heavy (non-hydrogen) atoms. The molecule has 0 spiro atoms. The van der Waals surface area contributed by atoms with Crippen molar-refractivity contribution in [2.45, 2.75) is 24.9 Å². The molecule has 184 valence electrons. The lowest BCUT2D eigenvalue weighted by Crippen LogP contribution is -2.52. The molecule has 4 heterocycles. The van der Waals surface area contributed by atoms with Gasteiger partial charge in [-0.05, 0) is 48.2 Å². The fraction of sp³-hybridized carbons (Fsp3) is 0.280. The highest BCUT2D eigenvalue weighted by Gasteiger charge is 2.53. The van der Waals surface area contributed by atoms with Gasteiger partial charge in [0.1, 0.15) is 11.3 Å². The van der Waals surface area contributed by atoms with Crippen LogP contribution in [-0.4, -0.2) is 48.9 Å². The lowest BCUT2D eigenvalue weighted by molar-refractivity contribution is -0.125. The van der Waals surface area contributed by atoms with Crippen LogP contribution in [0.2, 0.25) is 0 Å². The minimum absolute atomic E-state index is 0.0364. The third-order valence-corrected chi connectivity index (χ3v) is 6.96. The average Bonchev–Trinajstić information content (AvgIpc) is 3.45. The summed E-state index contributed by atoms with van der Waals surface area (Å²) < 4.78 is 25.9. The SMILES string of the molecule is COc1ccc2c(c1F)C(=O)N(C[C@@]1(c3cc4cc5c(cc4o3)C(=O)NCCC5)NC(=O)NC1=O)C2. The Balaban J connectivity index is 1.41. The minimum Gasteiger partial charge on any atom is -0.494 e. The van der Waals surface area contributed by atoms with E-state index < -0.39 is 29.2 Å². The standard InChI is InChI=1S/C25H21FN4O6/c1-35-16-5-4-13-10-30(22(32)19(13)20(16)26)11-25(23(33)28-24(34)29-25)18-8-14-7-12-3-2-6-27-21(31)15(12)9-17(14)36-18/h4-5,7-9H,2-3,6,10-11H2,1H3,(H,27,31)(H2,28,29,33,34)/t25-/m0/s1. The molecule has 11 heteroatoms. The minimum atomic E-state index is -1.74. The van der Waals surface area contributed by atoms with Crippen LogP contribution in [0.3, 0.4) is 0 Å². The number of halogens is 1. The number of amides is 5. The van der Waals surface area contributed by atoms with Gasteiger partial charge in [-0.1, -0.05) is 6.07 Å². The van der Waals surface area contributed by atoms with E-state index in [2.05, 4.69) is 16.0 Å². The van der Waals surface area contributed by atoms with Gasteiger partial charge < -0.3 is 24.7 Å². The molecular weight excluding hydrogens is 471 g/mol. The molecule has 1 aromatic heterocycles. The molecule has 0 aliphatic carbocycles. The summed E-state index contributed by atoms with van der Waals surface area (Å²) in [5, 5.41) is 8.31. The van der Waals surface area contributed by atoms with Crippen molar-refractivity contribution in [2.75, 3.05) is 20.2 Å². The molecule has 0 saturated carbocycles. The molecule has 1 atom stereocenters. The normalized spacial score (nSPS) is 21.1. The lowest BCUT2D eigenvalue weighted by atomic mass is 9.94. The second-order valence-electron chi connectivity index (χ2n) is 9.11. The van der Waals surface area contributed by atoms with Crippen molar-refractivity contribution in [2.24, 2.45) is 0 Å². The number of nitrogens with one attached hydrogen (secondary N) is 3. The smallest absolute Gasteiger partial charge is 0.322 e. The number of furan rings is 1. The van der Waals surface area contributed by atoms with Crippen LogP contribution in [0, 0.1) is 5.82 Å². The van der Waals surface area contributed by atoms with Gasteiger partial charge in [0.05, 0.1) is 19.2 Å². The van der Waals surface area contributed by atoms with Gasteiger partial charge in [0.15, 0.2) is 17.1 Å². The topological polar surface area (TPSA) is 130 Å². The highest BCUT2D eigenvalue weighted by atomic mass is 19.1. The van der Waals surface area contributed by atoms with E-state index >= 15 is 0 Å². The number of hydrogen-bond acceptors (Lipinski definition) is 6. The van der Waals surface area contributed by atoms with E-state index in [1.54, 1.807) is 18.2 Å². The second kappa shape index (κ2) is 7.80. The van der Waals surface area contributed by atoms with Gasteiger partial charge >= 0.3 is 6.03 Å². The van der Waals surface area contributed by atoms with Crippen molar-refractivity contribution in [1.29, 1.82) is 0 Å². The maximum atomic E-state index is 14.8. The van der Waals surface area contributed by atoms with Crippen molar-refractivity contribution in [1.82, 2.24) is 20.9 Å². The first-order valence-corrected chi connectivity index (χ1v) is 11.4. The van der Waals surface area contributed by atoms with Crippen molar-refractivity contribution in [3.63, 3.8) is 0 Å². The molecule has 3 aliphatic rings. The maximum absolute atomic E-state index is 14.8. The van der Waals surface area contributed by atoms with Gasteiger partial charge in [-0.15, -0.1) is 0 Å². The Morgan fingerprint density at radius 3 is 2.72 bits per heavy atom. The van der Waals surface area contributed by atoms with E-state index in [0.29, 0.717) is 35.1 Å². The van der Waals surface area contributed by atoms with E-state index in [9.17, 15) is 23.6 Å². The number of methoxy groups -OCH3 is 1. The largest absolute Gasteiger partial charge is 0.494 e. The Morgan fingerprint density at radius 1 is 1.14 bits per heavy atom. The fourth-order valence-corrected chi connectivity index (χ4v) is 5.16. The summed E-state index contributed by atoms with van der Waals surface area (Å²) in [5.74, 6) is -2.28. The van der Waals surface area contributed by atoms with Gasteiger partial charge in [-0.25, -0.2) is 9.18 Å². The molecule has 0 radical (unpaired) electrons. The van der Waals surface area contributed by atoms with Gasteiger partial charge in [-0.3, -0.25) is 19.7 Å². The summed E-state index contributed by atoms with van der Waals surface area (Å²) in [6, 6.07) is 7.37. The first-order valence-electron chi connectivity index (χ1n) is 11.4. The number of nitrogens with zero attached hydrogens (tertiary/aromatic N) is 1. The number of fused-ring (bicyclic) bond motifs is 3. The Labute approximate surface area is 203 Å². The molecule has 3 aliphatic heterocycles. The zero-order chi connectivity index (χ0) is 25.2. The van der Waals surface area contributed by atoms with E-state index in [1.165, 1.54) is 18.1 Å². The van der Waals surface area contributed by atoms with E-state index in [1.807, 2.05) is 6.07 Å². The molecule has 1 saturated heterocycles. The van der Waals surface area contributed by atoms with Crippen LogP contribution in [0.25, 0.3) is 11.0 Å². The number of aryl methyl sites for hydroxylation is 1. The summed E-state index contributed by atoms with van der Waals surface area (Å²) in [6.07, 6.45) is 1.48. The van der Waals surface area contributed by atoms with Crippen LogP contribution in [0.1, 0.15) is 44.0 Å². The number of urea groups is 1. The molecule has 2 aromatic carbocycles. The number of carbonyl (C=O) groups excluding carboxylic acids is 4. The third kappa shape index (κ3) is 3.15. The molecule has 0 unspecified atom stereocenters. The Kier molecular flexibility index (Phi) is 4.79. The molecule has 5 amide bonds. The van der Waals surface area contributed by atoms with E-state index in [-0.39, 0.29) is 36.1 Å². The fourth-order valence-electron chi connectivity index (χ4n) is 5.16. The van der Waals surface area contributed by atoms with Gasteiger partial charge in [-0.2, -0.15) is 0 Å². The third-order valence-electron chi connectivity index (χ3n) is 6.96. The highest BCUT2D eigenvalue weighted by Crippen LogP contribution is 2.37. The summed E-state index contributed by atoms with van der Waals surface area (Å²) in [7, 11) is 1.31. The molecule has 3 N–H and O–H groups in total. The summed E-state index contributed by atoms with van der Waals surface area (Å²) in [6.45, 7) is 0.322. The average molecular weight is 492 g/mol. The van der Waals surface area contributed by atoms with E-state index in [0.717, 1.165) is 12.0 Å². The van der Waals surface area contributed by atoms with Crippen LogP contribution in [0.4, 0.5) is 9.18 Å². The van der Waals surface area contributed by atoms with Crippen LogP contribution in [0.5, 0.6) is 5.75 Å². The zero-order valence-electron chi connectivity index (χ0n) is 19.2. The first kappa shape index (κ1) is 22.1. The number of imide groups is 1. The summed E-state index contributed by atoms with van der Waals surface area (Å²) >= 11 is 0. The van der Waals surface area contributed by atoms with Crippen molar-refractivity contribution < 1.29 is 32.7 Å². The predicted octanol–water partition coefficient (Wildman–Crippen LogP) is 1.95. The Hall–Kier alpha value is -4.41. The van der Waals surface area contributed by atoms with Crippen molar-refractivity contribution in [3.8, 4) is 5.75 Å². The number of ether oxygens (including phenoxy) is 1. The first-order chi connectivity index (χ1) is 17.3. The molecule has 10 nitrogen and oxygen atoms in total. The van der Waals surface area contributed by atoms with Crippen LogP contribution >= 0.6 is 0 Å². The lowest BCUT2D eigenvalue weighted by Gasteiger charge is -2.29. The van der Waals surface area contributed by atoms with Crippen molar-refractivity contribution >= 4 is 34.7 Å². The van der Waals surface area contributed by atoms with E-state index in [4.69, 9.17) is 9.15 Å². The zero-order valence-corrected chi connectivity index (χ0v) is 19.2. The number of rotatable bonds is 4. The maximum Gasteiger partial charge on any atom is 0.322 e. The number of hydrogen-bond donors (Lipinski definition) is 3. The Bertz CT molecular complexity index is 1500. The van der Waals surface area contributed by atoms with Crippen molar-refractivity contribution in [3.05, 3.63) is 64.2 Å². The molecule has 0 bridgehead atoms.